The second kappa shape index (κ2) is 6.35. The maximum absolute atomic E-state index is 11.7. The first-order chi connectivity index (χ1) is 9.41. The van der Waals surface area contributed by atoms with Crippen LogP contribution in [0.15, 0.2) is 18.2 Å². The third-order valence-electron chi connectivity index (χ3n) is 3.91. The van der Waals surface area contributed by atoms with E-state index in [1.54, 1.807) is 0 Å². The molecular weight excluding hydrogens is 296 g/mol. The largest absolute Gasteiger partial charge is 0.490 e. The first-order valence-corrected chi connectivity index (χ1v) is 9.40. The monoisotopic (exact) mass is 316 g/mol. The van der Waals surface area contributed by atoms with E-state index in [1.165, 1.54) is 6.26 Å². The fourth-order valence-electron chi connectivity index (χ4n) is 2.75. The summed E-state index contributed by atoms with van der Waals surface area (Å²) in [7, 11) is -2.98. The van der Waals surface area contributed by atoms with Crippen LogP contribution in [0.3, 0.4) is 0 Å². The van der Waals surface area contributed by atoms with Crippen LogP contribution < -0.4 is 4.74 Å². The fraction of sp³-hybridized carbons (Fsp3) is 0.600. The van der Waals surface area contributed by atoms with Gasteiger partial charge in [-0.2, -0.15) is 0 Å². The van der Waals surface area contributed by atoms with Gasteiger partial charge in [0.1, 0.15) is 15.6 Å². The van der Waals surface area contributed by atoms with E-state index >= 15 is 0 Å². The molecule has 0 spiro atoms. The van der Waals surface area contributed by atoms with Crippen molar-refractivity contribution in [2.45, 2.75) is 49.8 Å². The number of ether oxygens (including phenoxy) is 1. The van der Waals surface area contributed by atoms with Gasteiger partial charge >= 0.3 is 0 Å². The standard InChI is InChI=1S/C15H21ClO3S/c1-11-5-3-6-12(10-16)15(11)19-13-7-4-8-14(9-13)20(2,17)18/h3,5-6,13-14H,4,7-10H2,1-2H3. The molecule has 1 aliphatic carbocycles. The lowest BCUT2D eigenvalue weighted by molar-refractivity contribution is 0.154. The highest BCUT2D eigenvalue weighted by atomic mass is 35.5. The Morgan fingerprint density at radius 3 is 2.75 bits per heavy atom. The number of para-hydroxylation sites is 1. The normalized spacial score (nSPS) is 23.6. The zero-order chi connectivity index (χ0) is 14.8. The topological polar surface area (TPSA) is 43.4 Å². The van der Waals surface area contributed by atoms with Gasteiger partial charge in [-0.1, -0.05) is 18.2 Å². The lowest BCUT2D eigenvalue weighted by Gasteiger charge is -2.29. The maximum Gasteiger partial charge on any atom is 0.150 e. The second-order valence-corrected chi connectivity index (χ2v) is 8.15. The van der Waals surface area contributed by atoms with Crippen LogP contribution in [0.4, 0.5) is 0 Å². The molecule has 2 rings (SSSR count). The molecule has 3 nitrogen and oxygen atoms in total. The summed E-state index contributed by atoms with van der Waals surface area (Å²) in [6, 6.07) is 5.90. The van der Waals surface area contributed by atoms with Gasteiger partial charge in [-0.15, -0.1) is 11.6 Å². The molecule has 5 heteroatoms. The minimum atomic E-state index is -2.98. The molecule has 1 fully saturated rings. The minimum Gasteiger partial charge on any atom is -0.490 e. The number of alkyl halides is 1. The molecule has 0 bridgehead atoms. The summed E-state index contributed by atoms with van der Waals surface area (Å²) in [5, 5.41) is -0.273. The highest BCUT2D eigenvalue weighted by Crippen LogP contribution is 2.31. The van der Waals surface area contributed by atoms with Gasteiger partial charge in [0.05, 0.1) is 17.2 Å². The summed E-state index contributed by atoms with van der Waals surface area (Å²) in [4.78, 5) is 0. The minimum absolute atomic E-state index is 0.0356. The van der Waals surface area contributed by atoms with E-state index in [1.807, 2.05) is 25.1 Å². The first-order valence-electron chi connectivity index (χ1n) is 6.91. The molecule has 1 saturated carbocycles. The van der Waals surface area contributed by atoms with Crippen molar-refractivity contribution in [3.63, 3.8) is 0 Å². The van der Waals surface area contributed by atoms with Gasteiger partial charge in [0.2, 0.25) is 0 Å². The quantitative estimate of drug-likeness (QED) is 0.799. The van der Waals surface area contributed by atoms with Gasteiger partial charge in [0.25, 0.3) is 0 Å². The number of sulfone groups is 1. The SMILES string of the molecule is Cc1cccc(CCl)c1OC1CCCC(S(C)(=O)=O)C1. The fourth-order valence-corrected chi connectivity index (χ4v) is 4.12. The van der Waals surface area contributed by atoms with Crippen molar-refractivity contribution >= 4 is 21.4 Å². The molecule has 2 atom stereocenters. The van der Waals surface area contributed by atoms with E-state index in [4.69, 9.17) is 16.3 Å². The molecule has 0 aromatic heterocycles. The summed E-state index contributed by atoms with van der Waals surface area (Å²) >= 11 is 5.95. The van der Waals surface area contributed by atoms with Crippen LogP contribution in [0.25, 0.3) is 0 Å². The van der Waals surface area contributed by atoms with Gasteiger partial charge in [0.15, 0.2) is 0 Å². The number of hydrogen-bond acceptors (Lipinski definition) is 3. The van der Waals surface area contributed by atoms with Gasteiger partial charge in [-0.25, -0.2) is 8.42 Å². The van der Waals surface area contributed by atoms with E-state index in [0.717, 1.165) is 36.1 Å². The lowest BCUT2D eigenvalue weighted by atomic mass is 9.97. The highest BCUT2D eigenvalue weighted by Gasteiger charge is 2.30. The number of hydrogen-bond donors (Lipinski definition) is 0. The van der Waals surface area contributed by atoms with E-state index in [0.29, 0.717) is 12.3 Å². The molecule has 20 heavy (non-hydrogen) atoms. The zero-order valence-electron chi connectivity index (χ0n) is 11.9. The smallest absolute Gasteiger partial charge is 0.150 e. The predicted molar refractivity (Wildman–Crippen MR) is 82.3 cm³/mol. The molecule has 1 aromatic carbocycles. The number of halogens is 1. The number of benzene rings is 1. The van der Waals surface area contributed by atoms with Crippen molar-refractivity contribution in [3.05, 3.63) is 29.3 Å². The van der Waals surface area contributed by atoms with E-state index in [2.05, 4.69) is 0 Å². The lowest BCUT2D eigenvalue weighted by Crippen LogP contribution is -2.33. The van der Waals surface area contributed by atoms with Crippen molar-refractivity contribution < 1.29 is 13.2 Å². The van der Waals surface area contributed by atoms with Crippen molar-refractivity contribution in [1.82, 2.24) is 0 Å². The Morgan fingerprint density at radius 1 is 1.35 bits per heavy atom. The molecule has 1 aliphatic rings. The Kier molecular flexibility index (Phi) is 4.97. The second-order valence-electron chi connectivity index (χ2n) is 5.55. The molecule has 0 radical (unpaired) electrons. The van der Waals surface area contributed by atoms with Gasteiger partial charge in [-0.05, 0) is 31.7 Å². The molecular formula is C15H21ClO3S. The number of aryl methyl sites for hydroxylation is 1. The van der Waals surface area contributed by atoms with Crippen LogP contribution >= 0.6 is 11.6 Å². The van der Waals surface area contributed by atoms with Gasteiger partial charge in [0, 0.05) is 18.2 Å². The van der Waals surface area contributed by atoms with E-state index < -0.39 is 9.84 Å². The average molecular weight is 317 g/mol. The molecule has 0 aliphatic heterocycles. The first kappa shape index (κ1) is 15.6. The van der Waals surface area contributed by atoms with Gasteiger partial charge in [-0.3, -0.25) is 0 Å². The summed E-state index contributed by atoms with van der Waals surface area (Å²) in [6.07, 6.45) is 4.40. The van der Waals surface area contributed by atoms with Crippen LogP contribution in [-0.4, -0.2) is 26.0 Å². The maximum atomic E-state index is 11.7. The molecule has 2 unspecified atom stereocenters. The van der Waals surface area contributed by atoms with Gasteiger partial charge < -0.3 is 4.74 Å². The van der Waals surface area contributed by atoms with Crippen LogP contribution in [0.2, 0.25) is 0 Å². The Labute approximate surface area is 126 Å². The molecule has 0 saturated heterocycles. The Bertz CT molecular complexity index is 568. The van der Waals surface area contributed by atoms with Crippen molar-refractivity contribution in [3.8, 4) is 5.75 Å². The molecule has 0 heterocycles. The molecule has 0 amide bonds. The predicted octanol–water partition coefficient (Wildman–Crippen LogP) is 3.47. The summed E-state index contributed by atoms with van der Waals surface area (Å²) in [6.45, 7) is 1.99. The van der Waals surface area contributed by atoms with Crippen molar-refractivity contribution in [2.24, 2.45) is 0 Å². The van der Waals surface area contributed by atoms with E-state index in [-0.39, 0.29) is 11.4 Å². The molecule has 0 N–H and O–H groups in total. The summed E-state index contributed by atoms with van der Waals surface area (Å²) in [5.41, 5.74) is 2.01. The average Bonchev–Trinajstić information content (AvgIpc) is 2.40. The van der Waals surface area contributed by atoms with Crippen LogP contribution in [-0.2, 0) is 15.7 Å². The van der Waals surface area contributed by atoms with Crippen LogP contribution in [0, 0.1) is 6.92 Å². The van der Waals surface area contributed by atoms with Crippen LogP contribution in [0.5, 0.6) is 5.75 Å². The van der Waals surface area contributed by atoms with E-state index in [9.17, 15) is 8.42 Å². The summed E-state index contributed by atoms with van der Waals surface area (Å²) < 4.78 is 29.5. The molecule has 1 aromatic rings. The van der Waals surface area contributed by atoms with Crippen LogP contribution in [0.1, 0.15) is 36.8 Å². The van der Waals surface area contributed by atoms with Crippen molar-refractivity contribution in [1.29, 1.82) is 0 Å². The third-order valence-corrected chi connectivity index (χ3v) is 5.83. The summed E-state index contributed by atoms with van der Waals surface area (Å²) in [5.74, 6) is 1.22. The Morgan fingerprint density at radius 2 is 2.10 bits per heavy atom. The van der Waals surface area contributed by atoms with Crippen molar-refractivity contribution in [2.75, 3.05) is 6.26 Å². The Hall–Kier alpha value is -0.740. The third kappa shape index (κ3) is 3.67. The zero-order valence-corrected chi connectivity index (χ0v) is 13.5. The highest BCUT2D eigenvalue weighted by molar-refractivity contribution is 7.91. The Balaban J connectivity index is 2.14. The molecule has 112 valence electrons. The number of rotatable bonds is 4.